The first kappa shape index (κ1) is 29.0. The molecule has 4 aromatic rings. The minimum atomic E-state index is -0.665. The number of nitrogens with zero attached hydrogens (tertiary/aromatic N) is 2. The van der Waals surface area contributed by atoms with Crippen LogP contribution < -0.4 is 26.6 Å². The molecule has 1 aromatic heterocycles. The summed E-state index contributed by atoms with van der Waals surface area (Å²) in [6.07, 6.45) is 2.95. The average Bonchev–Trinajstić information content (AvgIpc) is 3.42. The Bertz CT molecular complexity index is 1560. The summed E-state index contributed by atoms with van der Waals surface area (Å²) in [6, 6.07) is 22.3. The van der Waals surface area contributed by atoms with Crippen LogP contribution >= 0.6 is 11.3 Å². The Balaban J connectivity index is 1.34. The third-order valence-corrected chi connectivity index (χ3v) is 7.62. The maximum absolute atomic E-state index is 13.8. The summed E-state index contributed by atoms with van der Waals surface area (Å²) in [5, 5.41) is 10.9. The average molecular weight is 583 g/mol. The van der Waals surface area contributed by atoms with Crippen LogP contribution in [0.5, 0.6) is 0 Å². The predicted molar refractivity (Wildman–Crippen MR) is 167 cm³/mol. The molecule has 1 aliphatic heterocycles. The van der Waals surface area contributed by atoms with E-state index in [4.69, 9.17) is 5.73 Å². The molecule has 0 fully saturated rings. The van der Waals surface area contributed by atoms with Crippen molar-refractivity contribution in [3.63, 3.8) is 0 Å². The van der Waals surface area contributed by atoms with E-state index < -0.39 is 11.6 Å². The van der Waals surface area contributed by atoms with Crippen molar-refractivity contribution >= 4 is 45.7 Å². The molecule has 0 saturated carbocycles. The molecule has 5 N–H and O–H groups in total. The first-order chi connectivity index (χ1) is 20.2. The molecule has 42 heavy (non-hydrogen) atoms. The summed E-state index contributed by atoms with van der Waals surface area (Å²) in [5.74, 6) is -0.378. The number of thiazole rings is 1. The number of aromatic nitrogens is 1. The van der Waals surface area contributed by atoms with Gasteiger partial charge in [0.05, 0.1) is 12.2 Å². The van der Waals surface area contributed by atoms with Crippen LogP contribution in [0.25, 0.3) is 11.1 Å². The van der Waals surface area contributed by atoms with E-state index in [1.54, 1.807) is 30.3 Å². The number of carbonyl (C=O) groups is 3. The monoisotopic (exact) mass is 582 g/mol. The molecule has 0 aliphatic carbocycles. The smallest absolute Gasteiger partial charge is 0.325 e. The van der Waals surface area contributed by atoms with Gasteiger partial charge >= 0.3 is 6.03 Å². The van der Waals surface area contributed by atoms with Gasteiger partial charge < -0.3 is 21.3 Å². The van der Waals surface area contributed by atoms with Crippen molar-refractivity contribution in [2.45, 2.75) is 51.2 Å². The minimum Gasteiger partial charge on any atom is -0.344 e. The largest absolute Gasteiger partial charge is 0.344 e. The van der Waals surface area contributed by atoms with Crippen LogP contribution in [0.4, 0.5) is 21.3 Å². The number of anilines is 3. The molecule has 0 spiro atoms. The number of rotatable bonds is 8. The number of carbonyl (C=O) groups excluding carboxylic acids is 3. The van der Waals surface area contributed by atoms with Crippen molar-refractivity contribution < 1.29 is 14.4 Å². The molecule has 0 bridgehead atoms. The van der Waals surface area contributed by atoms with E-state index in [0.717, 1.165) is 27.9 Å². The molecule has 0 saturated heterocycles. The third kappa shape index (κ3) is 7.20. The number of nitrogens with one attached hydrogen (secondary N) is 3. The standard InChI is InChI=1S/C32H34N6O3S/c1-32(2,33)19-28(39)35-26-16-15-23-7-3-6-10-27(23)38(29(26)40)20-21-11-13-22(14-12-21)24-8-4-5-9-25(24)36-30(41)37-31-34-17-18-42-31/h3-14,17-18,26H,15-16,19-20,33H2,1-2H3,(H,35,39)(H2,34,36,37,41)/t26-/m1/s1. The van der Waals surface area contributed by atoms with Crippen LogP contribution in [0.1, 0.15) is 37.8 Å². The number of benzene rings is 3. The van der Waals surface area contributed by atoms with Crippen LogP contribution in [0.2, 0.25) is 0 Å². The Kier molecular flexibility index (Phi) is 8.65. The number of para-hydroxylation sites is 2. The second-order valence-electron chi connectivity index (χ2n) is 11.0. The van der Waals surface area contributed by atoms with Gasteiger partial charge in [0.15, 0.2) is 5.13 Å². The number of fused-ring (bicyclic) bond motifs is 1. The van der Waals surface area contributed by atoms with E-state index in [0.29, 0.717) is 30.2 Å². The van der Waals surface area contributed by atoms with E-state index in [2.05, 4.69) is 20.9 Å². The maximum Gasteiger partial charge on any atom is 0.325 e. The normalized spacial score (nSPS) is 15.0. The summed E-state index contributed by atoms with van der Waals surface area (Å²) >= 11 is 1.34. The Morgan fingerprint density at radius 3 is 2.50 bits per heavy atom. The molecule has 0 radical (unpaired) electrons. The van der Waals surface area contributed by atoms with Crippen molar-refractivity contribution in [1.29, 1.82) is 0 Å². The Labute approximate surface area is 249 Å². The number of aryl methyl sites for hydroxylation is 1. The van der Waals surface area contributed by atoms with E-state index in [-0.39, 0.29) is 24.3 Å². The lowest BCUT2D eigenvalue weighted by molar-refractivity contribution is -0.128. The number of urea groups is 1. The SMILES string of the molecule is CC(C)(N)CC(=O)N[C@@H]1CCc2ccccc2N(Cc2ccc(-c3ccccc3NC(=O)Nc3nccs3)cc2)C1=O. The molecule has 4 amide bonds. The van der Waals surface area contributed by atoms with Gasteiger partial charge in [-0.15, -0.1) is 11.3 Å². The second kappa shape index (κ2) is 12.5. The highest BCUT2D eigenvalue weighted by Gasteiger charge is 2.32. The van der Waals surface area contributed by atoms with Gasteiger partial charge in [0.2, 0.25) is 11.8 Å². The van der Waals surface area contributed by atoms with Crippen LogP contribution in [0.3, 0.4) is 0 Å². The Morgan fingerprint density at radius 1 is 1.02 bits per heavy atom. The molecule has 3 aromatic carbocycles. The fraction of sp³-hybridized carbons (Fsp3) is 0.250. The lowest BCUT2D eigenvalue weighted by Crippen LogP contribution is -2.49. The highest BCUT2D eigenvalue weighted by Crippen LogP contribution is 2.31. The zero-order chi connectivity index (χ0) is 29.7. The van der Waals surface area contributed by atoms with Gasteiger partial charge in [-0.25, -0.2) is 9.78 Å². The zero-order valence-electron chi connectivity index (χ0n) is 23.6. The van der Waals surface area contributed by atoms with Gasteiger partial charge in [-0.2, -0.15) is 0 Å². The summed E-state index contributed by atoms with van der Waals surface area (Å²) in [4.78, 5) is 44.8. The first-order valence-electron chi connectivity index (χ1n) is 13.8. The third-order valence-electron chi connectivity index (χ3n) is 6.93. The van der Waals surface area contributed by atoms with Crippen LogP contribution in [0.15, 0.2) is 84.4 Å². The molecule has 10 heteroatoms. The fourth-order valence-corrected chi connectivity index (χ4v) is 5.55. The summed E-state index contributed by atoms with van der Waals surface area (Å²) < 4.78 is 0. The summed E-state index contributed by atoms with van der Waals surface area (Å²) in [7, 11) is 0. The number of hydrogen-bond acceptors (Lipinski definition) is 6. The minimum absolute atomic E-state index is 0.133. The fourth-order valence-electron chi connectivity index (χ4n) is 5.02. The molecule has 0 unspecified atom stereocenters. The summed E-state index contributed by atoms with van der Waals surface area (Å²) in [6.45, 7) is 3.93. The number of nitrogens with two attached hydrogens (primary N) is 1. The first-order valence-corrected chi connectivity index (χ1v) is 14.7. The van der Waals surface area contributed by atoms with Crippen molar-refractivity contribution in [3.05, 3.63) is 95.5 Å². The van der Waals surface area contributed by atoms with Gasteiger partial charge in [-0.1, -0.05) is 60.7 Å². The van der Waals surface area contributed by atoms with Crippen molar-refractivity contribution in [3.8, 4) is 11.1 Å². The van der Waals surface area contributed by atoms with Gasteiger partial charge in [0, 0.05) is 34.8 Å². The van der Waals surface area contributed by atoms with Gasteiger partial charge in [-0.05, 0) is 55.5 Å². The van der Waals surface area contributed by atoms with E-state index in [9.17, 15) is 14.4 Å². The Morgan fingerprint density at radius 2 is 1.76 bits per heavy atom. The van der Waals surface area contributed by atoms with Crippen LogP contribution in [0, 0.1) is 0 Å². The maximum atomic E-state index is 13.8. The van der Waals surface area contributed by atoms with Gasteiger partial charge in [0.1, 0.15) is 6.04 Å². The molecule has 5 rings (SSSR count). The Hall–Kier alpha value is -4.54. The topological polar surface area (TPSA) is 129 Å². The lowest BCUT2D eigenvalue weighted by Gasteiger charge is -2.27. The molecular formula is C32H34N6O3S. The van der Waals surface area contributed by atoms with Crippen LogP contribution in [-0.4, -0.2) is 34.4 Å². The lowest BCUT2D eigenvalue weighted by atomic mass is 10.0. The predicted octanol–water partition coefficient (Wildman–Crippen LogP) is 5.55. The molecule has 1 aliphatic rings. The van der Waals surface area contributed by atoms with E-state index in [1.165, 1.54) is 11.3 Å². The second-order valence-corrected chi connectivity index (χ2v) is 11.9. The van der Waals surface area contributed by atoms with Gasteiger partial charge in [-0.3, -0.25) is 14.9 Å². The number of amides is 4. The van der Waals surface area contributed by atoms with Gasteiger partial charge in [0.25, 0.3) is 0 Å². The molecule has 9 nitrogen and oxygen atoms in total. The van der Waals surface area contributed by atoms with Crippen molar-refractivity contribution in [1.82, 2.24) is 10.3 Å². The zero-order valence-corrected chi connectivity index (χ0v) is 24.4. The van der Waals surface area contributed by atoms with Crippen molar-refractivity contribution in [2.75, 3.05) is 15.5 Å². The summed E-state index contributed by atoms with van der Waals surface area (Å²) in [5.41, 5.74) is 10.7. The van der Waals surface area contributed by atoms with E-state index >= 15 is 0 Å². The highest BCUT2D eigenvalue weighted by atomic mass is 32.1. The quantitative estimate of drug-likeness (QED) is 0.217. The highest BCUT2D eigenvalue weighted by molar-refractivity contribution is 7.13. The van der Waals surface area contributed by atoms with Crippen molar-refractivity contribution in [2.24, 2.45) is 5.73 Å². The molecule has 216 valence electrons. The van der Waals surface area contributed by atoms with Crippen LogP contribution in [-0.2, 0) is 22.6 Å². The van der Waals surface area contributed by atoms with E-state index in [1.807, 2.05) is 72.8 Å². The molecule has 2 heterocycles. The number of hydrogen-bond donors (Lipinski definition) is 4. The molecular weight excluding hydrogens is 548 g/mol. The molecule has 1 atom stereocenters.